The third-order valence-corrected chi connectivity index (χ3v) is 2.54. The molecule has 0 aliphatic heterocycles. The molecule has 6 nitrogen and oxygen atoms in total. The first kappa shape index (κ1) is 12.2. The summed E-state index contributed by atoms with van der Waals surface area (Å²) in [5, 5.41) is 6.69. The van der Waals surface area contributed by atoms with Crippen LogP contribution in [0.15, 0.2) is 24.4 Å². The summed E-state index contributed by atoms with van der Waals surface area (Å²) in [7, 11) is 1.65. The first-order valence-corrected chi connectivity index (χ1v) is 5.71. The normalized spacial score (nSPS) is 10.7. The fourth-order valence-electron chi connectivity index (χ4n) is 1.43. The Hall–Kier alpha value is -2.24. The summed E-state index contributed by atoms with van der Waals surface area (Å²) < 4.78 is 0. The average molecular weight is 245 g/mol. The molecule has 0 bridgehead atoms. The minimum atomic E-state index is -0.281. The number of hydrogen-bond donors (Lipinski definition) is 1. The Balaban J connectivity index is 2.20. The van der Waals surface area contributed by atoms with Crippen LogP contribution in [0.4, 0.5) is 5.82 Å². The van der Waals surface area contributed by atoms with Crippen LogP contribution < -0.4 is 4.90 Å². The summed E-state index contributed by atoms with van der Waals surface area (Å²) in [6.07, 6.45) is 1.64. The molecule has 0 spiro atoms. The zero-order valence-electron chi connectivity index (χ0n) is 10.6. The highest BCUT2D eigenvalue weighted by molar-refractivity contribution is 6.02. The lowest BCUT2D eigenvalue weighted by molar-refractivity contribution is 0.0982. The van der Waals surface area contributed by atoms with Crippen molar-refractivity contribution in [1.82, 2.24) is 20.2 Å². The number of carbonyl (C=O) groups is 1. The second-order valence-electron chi connectivity index (χ2n) is 4.25. The van der Waals surface area contributed by atoms with Crippen LogP contribution in [0, 0.1) is 0 Å². The Morgan fingerprint density at radius 2 is 2.17 bits per heavy atom. The number of rotatable bonds is 3. The van der Waals surface area contributed by atoms with Crippen molar-refractivity contribution >= 4 is 11.7 Å². The van der Waals surface area contributed by atoms with Gasteiger partial charge in [0.1, 0.15) is 11.6 Å². The third-order valence-electron chi connectivity index (χ3n) is 2.54. The number of carbonyl (C=O) groups excluding carboxylic acids is 1. The summed E-state index contributed by atoms with van der Waals surface area (Å²) >= 11 is 0. The fraction of sp³-hybridized carbons (Fsp3) is 0.333. The second kappa shape index (κ2) is 4.95. The maximum atomic E-state index is 12.1. The molecule has 2 rings (SSSR count). The first-order chi connectivity index (χ1) is 8.59. The minimum absolute atomic E-state index is 0.159. The van der Waals surface area contributed by atoms with Crippen molar-refractivity contribution in [2.75, 3.05) is 11.9 Å². The summed E-state index contributed by atoms with van der Waals surface area (Å²) in [6, 6.07) is 5.38. The van der Waals surface area contributed by atoms with Gasteiger partial charge in [0.05, 0.1) is 0 Å². The summed E-state index contributed by atoms with van der Waals surface area (Å²) in [5.74, 6) is 1.36. The van der Waals surface area contributed by atoms with Gasteiger partial charge in [0.2, 0.25) is 5.82 Å². The molecule has 1 N–H and O–H groups in total. The van der Waals surface area contributed by atoms with Crippen LogP contribution in [-0.4, -0.2) is 33.1 Å². The molecular formula is C12H15N5O. The van der Waals surface area contributed by atoms with E-state index in [9.17, 15) is 4.79 Å². The molecule has 0 fully saturated rings. The van der Waals surface area contributed by atoms with Crippen LogP contribution in [0.1, 0.15) is 36.2 Å². The van der Waals surface area contributed by atoms with E-state index in [1.807, 2.05) is 19.9 Å². The number of hydrogen-bond acceptors (Lipinski definition) is 4. The van der Waals surface area contributed by atoms with E-state index in [2.05, 4.69) is 20.2 Å². The SMILES string of the molecule is CC(C)c1nc(C(=O)N(C)c2ccccn2)n[nH]1. The number of anilines is 1. The number of H-pyrrole nitrogens is 1. The Morgan fingerprint density at radius 3 is 2.72 bits per heavy atom. The Labute approximate surface area is 105 Å². The maximum absolute atomic E-state index is 12.1. The van der Waals surface area contributed by atoms with E-state index in [0.717, 1.165) is 0 Å². The molecular weight excluding hydrogens is 230 g/mol. The molecule has 0 saturated heterocycles. The van der Waals surface area contributed by atoms with Crippen molar-refractivity contribution in [2.24, 2.45) is 0 Å². The largest absolute Gasteiger partial charge is 0.298 e. The maximum Gasteiger partial charge on any atom is 0.298 e. The van der Waals surface area contributed by atoms with Gasteiger partial charge in [0.15, 0.2) is 0 Å². The smallest absolute Gasteiger partial charge is 0.293 e. The Morgan fingerprint density at radius 1 is 1.39 bits per heavy atom. The molecule has 2 heterocycles. The van der Waals surface area contributed by atoms with Gasteiger partial charge in [-0.25, -0.2) is 9.97 Å². The molecule has 0 aromatic carbocycles. The molecule has 0 atom stereocenters. The van der Waals surface area contributed by atoms with Gasteiger partial charge >= 0.3 is 0 Å². The van der Waals surface area contributed by atoms with Gasteiger partial charge in [-0.05, 0) is 12.1 Å². The zero-order valence-corrected chi connectivity index (χ0v) is 10.6. The molecule has 2 aromatic rings. The van der Waals surface area contributed by atoms with Crippen LogP contribution >= 0.6 is 0 Å². The molecule has 1 amide bonds. The van der Waals surface area contributed by atoms with Gasteiger partial charge in [-0.15, -0.1) is 5.10 Å². The van der Waals surface area contributed by atoms with Gasteiger partial charge in [0.25, 0.3) is 5.91 Å². The number of nitrogens with zero attached hydrogens (tertiary/aromatic N) is 4. The predicted molar refractivity (Wildman–Crippen MR) is 67.4 cm³/mol. The summed E-state index contributed by atoms with van der Waals surface area (Å²) in [4.78, 5) is 21.8. The number of pyridine rings is 1. The van der Waals surface area contributed by atoms with E-state index >= 15 is 0 Å². The van der Waals surface area contributed by atoms with Gasteiger partial charge in [-0.1, -0.05) is 19.9 Å². The lowest BCUT2D eigenvalue weighted by Gasteiger charge is -2.13. The van der Waals surface area contributed by atoms with Crippen LogP contribution in [0.5, 0.6) is 0 Å². The van der Waals surface area contributed by atoms with Gasteiger partial charge in [0, 0.05) is 19.2 Å². The van der Waals surface area contributed by atoms with E-state index in [1.54, 1.807) is 25.4 Å². The Bertz CT molecular complexity index is 534. The third kappa shape index (κ3) is 2.37. The fourth-order valence-corrected chi connectivity index (χ4v) is 1.43. The molecule has 0 aliphatic rings. The van der Waals surface area contributed by atoms with Crippen molar-refractivity contribution < 1.29 is 4.79 Å². The minimum Gasteiger partial charge on any atom is -0.293 e. The van der Waals surface area contributed by atoms with E-state index in [1.165, 1.54) is 4.90 Å². The van der Waals surface area contributed by atoms with E-state index in [-0.39, 0.29) is 17.6 Å². The predicted octanol–water partition coefficient (Wildman–Crippen LogP) is 1.60. The van der Waals surface area contributed by atoms with Crippen LogP contribution in [-0.2, 0) is 0 Å². The number of aromatic nitrogens is 4. The van der Waals surface area contributed by atoms with Crippen LogP contribution in [0.25, 0.3) is 0 Å². The van der Waals surface area contributed by atoms with E-state index in [4.69, 9.17) is 0 Å². The number of amides is 1. The van der Waals surface area contributed by atoms with E-state index < -0.39 is 0 Å². The molecule has 0 unspecified atom stereocenters. The standard InChI is InChI=1S/C12H15N5O/c1-8(2)10-14-11(16-15-10)12(18)17(3)9-6-4-5-7-13-9/h4-8H,1-3H3,(H,14,15,16). The highest BCUT2D eigenvalue weighted by atomic mass is 16.2. The van der Waals surface area contributed by atoms with Gasteiger partial charge < -0.3 is 0 Å². The second-order valence-corrected chi connectivity index (χ2v) is 4.25. The molecule has 6 heteroatoms. The lowest BCUT2D eigenvalue weighted by Crippen LogP contribution is -2.28. The Kier molecular flexibility index (Phi) is 3.36. The van der Waals surface area contributed by atoms with Crippen molar-refractivity contribution in [3.05, 3.63) is 36.0 Å². The summed E-state index contributed by atoms with van der Waals surface area (Å²) in [6.45, 7) is 3.97. The van der Waals surface area contributed by atoms with Gasteiger partial charge in [-0.2, -0.15) is 0 Å². The summed E-state index contributed by atoms with van der Waals surface area (Å²) in [5.41, 5.74) is 0. The first-order valence-electron chi connectivity index (χ1n) is 5.71. The van der Waals surface area contributed by atoms with Crippen LogP contribution in [0.3, 0.4) is 0 Å². The number of nitrogens with one attached hydrogen (secondary N) is 1. The van der Waals surface area contributed by atoms with Crippen LogP contribution in [0.2, 0.25) is 0 Å². The number of aromatic amines is 1. The van der Waals surface area contributed by atoms with Crippen molar-refractivity contribution in [2.45, 2.75) is 19.8 Å². The highest BCUT2D eigenvalue weighted by Crippen LogP contribution is 2.12. The molecule has 0 radical (unpaired) electrons. The molecule has 94 valence electrons. The quantitative estimate of drug-likeness (QED) is 0.891. The average Bonchev–Trinajstić information content (AvgIpc) is 2.88. The van der Waals surface area contributed by atoms with E-state index in [0.29, 0.717) is 11.6 Å². The molecule has 0 saturated carbocycles. The van der Waals surface area contributed by atoms with Crippen molar-refractivity contribution in [1.29, 1.82) is 0 Å². The van der Waals surface area contributed by atoms with Gasteiger partial charge in [-0.3, -0.25) is 14.8 Å². The highest BCUT2D eigenvalue weighted by Gasteiger charge is 2.19. The van der Waals surface area contributed by atoms with Crippen molar-refractivity contribution in [3.63, 3.8) is 0 Å². The van der Waals surface area contributed by atoms with Crippen molar-refractivity contribution in [3.8, 4) is 0 Å². The molecule has 18 heavy (non-hydrogen) atoms. The molecule has 0 aliphatic carbocycles. The molecule has 2 aromatic heterocycles. The monoisotopic (exact) mass is 245 g/mol. The zero-order chi connectivity index (χ0) is 13.1. The lowest BCUT2D eigenvalue weighted by atomic mass is 10.2. The topological polar surface area (TPSA) is 74.8 Å².